The van der Waals surface area contributed by atoms with Gasteiger partial charge in [0, 0.05) is 12.5 Å². The normalized spacial score (nSPS) is 14.6. The molecular weight excluding hydrogens is 222 g/mol. The lowest BCUT2D eigenvalue weighted by Gasteiger charge is -2.19. The Morgan fingerprint density at radius 2 is 2.24 bits per heavy atom. The third-order valence-corrected chi connectivity index (χ3v) is 2.85. The molecule has 1 saturated carbocycles. The van der Waals surface area contributed by atoms with Crippen LogP contribution in [0.15, 0.2) is 16.7 Å². The number of carboxylic acid groups (broad SMARTS) is 1. The van der Waals surface area contributed by atoms with E-state index in [9.17, 15) is 9.59 Å². The van der Waals surface area contributed by atoms with Gasteiger partial charge < -0.3 is 14.4 Å². The van der Waals surface area contributed by atoms with E-state index in [-0.39, 0.29) is 18.5 Å². The first-order valence-corrected chi connectivity index (χ1v) is 5.72. The van der Waals surface area contributed by atoms with Gasteiger partial charge in [-0.05, 0) is 18.9 Å². The van der Waals surface area contributed by atoms with Crippen LogP contribution in [0.2, 0.25) is 0 Å². The van der Waals surface area contributed by atoms with Crippen LogP contribution in [0.1, 0.15) is 35.9 Å². The van der Waals surface area contributed by atoms with E-state index in [4.69, 9.17) is 9.52 Å². The lowest BCUT2D eigenvalue weighted by Crippen LogP contribution is -2.37. The number of aliphatic carboxylic acids is 1. The molecule has 1 aromatic rings. The van der Waals surface area contributed by atoms with Crippen molar-refractivity contribution in [3.63, 3.8) is 0 Å². The van der Waals surface area contributed by atoms with Crippen LogP contribution in [0, 0.1) is 0 Å². The SMILES string of the molecule is CCc1occc1C(=O)N(CC(=O)O)C1CC1. The Labute approximate surface area is 99.0 Å². The summed E-state index contributed by atoms with van der Waals surface area (Å²) in [5.74, 6) is -0.599. The zero-order valence-corrected chi connectivity index (χ0v) is 9.68. The maximum Gasteiger partial charge on any atom is 0.323 e. The van der Waals surface area contributed by atoms with E-state index in [0.29, 0.717) is 17.7 Å². The number of hydrogen-bond donors (Lipinski definition) is 1. The van der Waals surface area contributed by atoms with Crippen molar-refractivity contribution in [1.82, 2.24) is 4.90 Å². The first-order chi connectivity index (χ1) is 8.13. The zero-order valence-electron chi connectivity index (χ0n) is 9.68. The maximum atomic E-state index is 12.2. The molecule has 1 amide bonds. The van der Waals surface area contributed by atoms with Crippen molar-refractivity contribution in [2.24, 2.45) is 0 Å². The lowest BCUT2D eigenvalue weighted by molar-refractivity contribution is -0.137. The predicted molar refractivity (Wildman–Crippen MR) is 59.8 cm³/mol. The van der Waals surface area contributed by atoms with E-state index in [1.54, 1.807) is 6.07 Å². The number of hydrogen-bond acceptors (Lipinski definition) is 3. The van der Waals surface area contributed by atoms with Gasteiger partial charge in [0.1, 0.15) is 12.3 Å². The van der Waals surface area contributed by atoms with Crippen molar-refractivity contribution in [3.05, 3.63) is 23.7 Å². The fourth-order valence-corrected chi connectivity index (χ4v) is 1.86. The largest absolute Gasteiger partial charge is 0.480 e. The van der Waals surface area contributed by atoms with Crippen molar-refractivity contribution in [3.8, 4) is 0 Å². The smallest absolute Gasteiger partial charge is 0.323 e. The van der Waals surface area contributed by atoms with E-state index in [0.717, 1.165) is 12.8 Å². The van der Waals surface area contributed by atoms with Gasteiger partial charge >= 0.3 is 5.97 Å². The summed E-state index contributed by atoms with van der Waals surface area (Å²) in [5.41, 5.74) is 0.487. The van der Waals surface area contributed by atoms with Gasteiger partial charge in [-0.25, -0.2) is 0 Å². The van der Waals surface area contributed by atoms with Crippen molar-refractivity contribution >= 4 is 11.9 Å². The van der Waals surface area contributed by atoms with E-state index in [1.807, 2.05) is 6.92 Å². The van der Waals surface area contributed by atoms with Gasteiger partial charge in [-0.15, -0.1) is 0 Å². The Hall–Kier alpha value is -1.78. The van der Waals surface area contributed by atoms with Gasteiger partial charge in [0.25, 0.3) is 5.91 Å². The highest BCUT2D eigenvalue weighted by Gasteiger charge is 2.35. The molecule has 0 saturated heterocycles. The predicted octanol–water partition coefficient (Wildman–Crippen LogP) is 1.53. The first kappa shape index (κ1) is 11.7. The Morgan fingerprint density at radius 1 is 1.53 bits per heavy atom. The monoisotopic (exact) mass is 237 g/mol. The van der Waals surface area contributed by atoms with Crippen LogP contribution in [0.3, 0.4) is 0 Å². The molecule has 0 aromatic carbocycles. The standard InChI is InChI=1S/C12H15NO4/c1-2-10-9(5-6-17-10)12(16)13(7-11(14)15)8-3-4-8/h5-6,8H,2-4,7H2,1H3,(H,14,15). The fourth-order valence-electron chi connectivity index (χ4n) is 1.86. The molecule has 1 heterocycles. The Bertz CT molecular complexity index is 433. The molecule has 1 aliphatic rings. The van der Waals surface area contributed by atoms with E-state index in [1.165, 1.54) is 11.2 Å². The molecule has 0 spiro atoms. The average Bonchev–Trinajstić information content (AvgIpc) is 3.02. The number of carbonyl (C=O) groups is 2. The summed E-state index contributed by atoms with van der Waals surface area (Å²) < 4.78 is 5.20. The van der Waals surface area contributed by atoms with Gasteiger partial charge in [-0.3, -0.25) is 9.59 Å². The van der Waals surface area contributed by atoms with Crippen molar-refractivity contribution in [2.75, 3.05) is 6.54 Å². The second kappa shape index (κ2) is 4.61. The second-order valence-electron chi connectivity index (χ2n) is 4.17. The molecular formula is C12H15NO4. The van der Waals surface area contributed by atoms with Gasteiger partial charge in [-0.1, -0.05) is 6.92 Å². The Balaban J connectivity index is 2.18. The lowest BCUT2D eigenvalue weighted by atomic mass is 10.2. The third-order valence-electron chi connectivity index (χ3n) is 2.85. The van der Waals surface area contributed by atoms with Crippen molar-refractivity contribution in [2.45, 2.75) is 32.2 Å². The van der Waals surface area contributed by atoms with Crippen LogP contribution in [0.5, 0.6) is 0 Å². The van der Waals surface area contributed by atoms with Crippen molar-refractivity contribution < 1.29 is 19.1 Å². The molecule has 2 rings (SSSR count). The average molecular weight is 237 g/mol. The van der Waals surface area contributed by atoms with Gasteiger partial charge in [0.05, 0.1) is 11.8 Å². The summed E-state index contributed by atoms with van der Waals surface area (Å²) in [7, 11) is 0. The van der Waals surface area contributed by atoms with Crippen LogP contribution < -0.4 is 0 Å². The summed E-state index contributed by atoms with van der Waals surface area (Å²) in [6.07, 6.45) is 3.87. The van der Waals surface area contributed by atoms with Crippen LogP contribution in [0.25, 0.3) is 0 Å². The summed E-state index contributed by atoms with van der Waals surface area (Å²) in [6, 6.07) is 1.69. The highest BCUT2D eigenvalue weighted by atomic mass is 16.4. The minimum absolute atomic E-state index is 0.0817. The van der Waals surface area contributed by atoms with Crippen molar-refractivity contribution in [1.29, 1.82) is 0 Å². The quantitative estimate of drug-likeness (QED) is 0.843. The fraction of sp³-hybridized carbons (Fsp3) is 0.500. The molecule has 1 fully saturated rings. The molecule has 0 unspecified atom stereocenters. The van der Waals surface area contributed by atoms with E-state index < -0.39 is 5.97 Å². The number of rotatable bonds is 5. The minimum atomic E-state index is -0.980. The molecule has 1 aliphatic carbocycles. The molecule has 1 aromatic heterocycles. The molecule has 0 aliphatic heterocycles. The molecule has 0 radical (unpaired) electrons. The summed E-state index contributed by atoms with van der Waals surface area (Å²) >= 11 is 0. The molecule has 5 nitrogen and oxygen atoms in total. The summed E-state index contributed by atoms with van der Waals surface area (Å²) in [6.45, 7) is 1.66. The summed E-state index contributed by atoms with van der Waals surface area (Å²) in [4.78, 5) is 24.4. The number of furan rings is 1. The number of nitrogens with zero attached hydrogens (tertiary/aromatic N) is 1. The van der Waals surface area contributed by atoms with Gasteiger partial charge in [-0.2, -0.15) is 0 Å². The topological polar surface area (TPSA) is 70.8 Å². The first-order valence-electron chi connectivity index (χ1n) is 5.72. The molecule has 0 atom stereocenters. The number of carbonyl (C=O) groups excluding carboxylic acids is 1. The van der Waals surface area contributed by atoms with E-state index in [2.05, 4.69) is 0 Å². The van der Waals surface area contributed by atoms with Gasteiger partial charge in [0.15, 0.2) is 0 Å². The van der Waals surface area contributed by atoms with Crippen LogP contribution in [-0.4, -0.2) is 34.5 Å². The molecule has 17 heavy (non-hydrogen) atoms. The minimum Gasteiger partial charge on any atom is -0.480 e. The summed E-state index contributed by atoms with van der Waals surface area (Å²) in [5, 5.41) is 8.82. The van der Waals surface area contributed by atoms with E-state index >= 15 is 0 Å². The molecule has 5 heteroatoms. The highest BCUT2D eigenvalue weighted by Crippen LogP contribution is 2.28. The molecule has 0 bridgehead atoms. The zero-order chi connectivity index (χ0) is 12.4. The van der Waals surface area contributed by atoms with Crippen LogP contribution in [-0.2, 0) is 11.2 Å². The number of amides is 1. The molecule has 1 N–H and O–H groups in total. The molecule has 92 valence electrons. The maximum absolute atomic E-state index is 12.2. The third kappa shape index (κ3) is 2.49. The Morgan fingerprint density at radius 3 is 2.76 bits per heavy atom. The Kier molecular flexibility index (Phi) is 3.17. The van der Waals surface area contributed by atoms with Crippen LogP contribution >= 0.6 is 0 Å². The highest BCUT2D eigenvalue weighted by molar-refractivity contribution is 5.97. The second-order valence-corrected chi connectivity index (χ2v) is 4.17. The number of aryl methyl sites for hydroxylation is 1. The number of carboxylic acids is 1. The van der Waals surface area contributed by atoms with Crippen LogP contribution in [0.4, 0.5) is 0 Å². The van der Waals surface area contributed by atoms with Gasteiger partial charge in [0.2, 0.25) is 0 Å².